The molecule has 0 unspecified atom stereocenters. The molecule has 12 rings (SSSR count). The number of para-hydroxylation sites is 2. The molecule has 59 heavy (non-hydrogen) atoms. The molecule has 0 aliphatic heterocycles. The van der Waals surface area contributed by atoms with Crippen LogP contribution in [0.4, 0.5) is 17.1 Å². The lowest BCUT2D eigenvalue weighted by atomic mass is 9.92. The van der Waals surface area contributed by atoms with Crippen molar-refractivity contribution in [3.63, 3.8) is 0 Å². The van der Waals surface area contributed by atoms with Gasteiger partial charge in [0.15, 0.2) is 5.58 Å². The van der Waals surface area contributed by atoms with E-state index in [9.17, 15) is 0 Å². The predicted octanol–water partition coefficient (Wildman–Crippen LogP) is 16.7. The average molecular weight is 770 g/mol. The summed E-state index contributed by atoms with van der Waals surface area (Å²) in [7, 11) is 0. The highest BCUT2D eigenvalue weighted by atomic mass is 32.1. The Balaban J connectivity index is 1.07. The van der Waals surface area contributed by atoms with Gasteiger partial charge in [-0.05, 0) is 110 Å². The third-order valence-corrected chi connectivity index (χ3v) is 13.0. The van der Waals surface area contributed by atoms with E-state index in [2.05, 4.69) is 211 Å². The first-order chi connectivity index (χ1) is 29.2. The smallest absolute Gasteiger partial charge is 0.159 e. The van der Waals surface area contributed by atoms with Crippen molar-refractivity contribution in [3.05, 3.63) is 212 Å². The Kier molecular flexibility index (Phi) is 7.75. The molecule has 0 amide bonds. The van der Waals surface area contributed by atoms with E-state index in [0.29, 0.717) is 0 Å². The van der Waals surface area contributed by atoms with Crippen molar-refractivity contribution >= 4 is 92.1 Å². The monoisotopic (exact) mass is 769 g/mol. The fraction of sp³-hybridized carbons (Fsp3) is 0. The van der Waals surface area contributed by atoms with Crippen LogP contribution in [0.1, 0.15) is 0 Å². The topological polar surface area (TPSA) is 16.4 Å². The summed E-state index contributed by atoms with van der Waals surface area (Å²) in [5.41, 5.74) is 12.0. The molecule has 0 N–H and O–H groups in total. The van der Waals surface area contributed by atoms with Gasteiger partial charge >= 0.3 is 0 Å². The zero-order valence-corrected chi connectivity index (χ0v) is 32.8. The second-order valence-electron chi connectivity index (χ2n) is 15.2. The van der Waals surface area contributed by atoms with E-state index in [-0.39, 0.29) is 0 Å². The van der Waals surface area contributed by atoms with Crippen molar-refractivity contribution in [3.8, 4) is 33.4 Å². The lowest BCUT2D eigenvalue weighted by molar-refractivity contribution is 0.669. The third-order valence-electron chi connectivity index (χ3n) is 11.9. The molecule has 2 aromatic heterocycles. The first-order valence-electron chi connectivity index (χ1n) is 20.1. The van der Waals surface area contributed by atoms with Gasteiger partial charge in [-0.15, -0.1) is 11.3 Å². The lowest BCUT2D eigenvalue weighted by Crippen LogP contribution is -2.10. The van der Waals surface area contributed by atoms with Crippen LogP contribution in [0.25, 0.3) is 97.0 Å². The summed E-state index contributed by atoms with van der Waals surface area (Å²) >= 11 is 1.86. The van der Waals surface area contributed by atoms with Gasteiger partial charge in [-0.25, -0.2) is 0 Å². The van der Waals surface area contributed by atoms with E-state index in [1.807, 2.05) is 17.4 Å². The van der Waals surface area contributed by atoms with Crippen LogP contribution in [0.3, 0.4) is 0 Å². The van der Waals surface area contributed by atoms with Crippen LogP contribution in [0, 0.1) is 0 Å². The van der Waals surface area contributed by atoms with E-state index >= 15 is 0 Å². The molecule has 0 aliphatic rings. The van der Waals surface area contributed by atoms with Crippen LogP contribution in [0.5, 0.6) is 0 Å². The normalized spacial score (nSPS) is 11.7. The molecule has 10 aromatic carbocycles. The third kappa shape index (κ3) is 5.55. The number of anilines is 3. The van der Waals surface area contributed by atoms with Gasteiger partial charge in [0.05, 0.1) is 5.69 Å². The minimum Gasteiger partial charge on any atom is -0.454 e. The summed E-state index contributed by atoms with van der Waals surface area (Å²) in [6, 6.07) is 77.0. The van der Waals surface area contributed by atoms with Gasteiger partial charge in [0.2, 0.25) is 0 Å². The van der Waals surface area contributed by atoms with Gasteiger partial charge in [0.25, 0.3) is 0 Å². The van der Waals surface area contributed by atoms with Crippen molar-refractivity contribution in [2.75, 3.05) is 4.90 Å². The first-order valence-corrected chi connectivity index (χ1v) is 20.9. The molecule has 276 valence electrons. The molecule has 2 heterocycles. The fourth-order valence-electron chi connectivity index (χ4n) is 9.09. The molecule has 3 heteroatoms. The standard InChI is InChI=1S/C56H35NOS/c1-2-13-36(14-3-1)43-32-30-41(35-51(43)39-27-31-48-47-20-9-11-24-54(47)59-55(48)34-39)57(52-22-12-21-49-46-19-8-10-23-53(46)58-56(49)52)40-28-25-37(26-29-40)50-33-38-15-4-5-16-42(38)44-17-6-7-18-45(44)50/h1-35H. The Hall–Kier alpha value is -7.46. The van der Waals surface area contributed by atoms with Gasteiger partial charge in [-0.1, -0.05) is 158 Å². The second-order valence-corrected chi connectivity index (χ2v) is 16.3. The first kappa shape index (κ1) is 33.7. The van der Waals surface area contributed by atoms with E-state index in [1.165, 1.54) is 75.1 Å². The van der Waals surface area contributed by atoms with Crippen LogP contribution >= 0.6 is 11.3 Å². The number of fused-ring (bicyclic) bond motifs is 9. The van der Waals surface area contributed by atoms with E-state index < -0.39 is 0 Å². The maximum absolute atomic E-state index is 6.73. The molecular weight excluding hydrogens is 735 g/mol. The van der Waals surface area contributed by atoms with Gasteiger partial charge < -0.3 is 9.32 Å². The Morgan fingerprint density at radius 1 is 0.339 bits per heavy atom. The molecule has 0 radical (unpaired) electrons. The van der Waals surface area contributed by atoms with E-state index in [1.54, 1.807) is 0 Å². The summed E-state index contributed by atoms with van der Waals surface area (Å²) in [6.45, 7) is 0. The summed E-state index contributed by atoms with van der Waals surface area (Å²) in [5, 5.41) is 9.84. The van der Waals surface area contributed by atoms with Crippen molar-refractivity contribution < 1.29 is 4.42 Å². The van der Waals surface area contributed by atoms with Crippen LogP contribution < -0.4 is 4.90 Å². The summed E-state index contributed by atoms with van der Waals surface area (Å²) in [6.07, 6.45) is 0. The van der Waals surface area contributed by atoms with Crippen molar-refractivity contribution in [1.29, 1.82) is 0 Å². The number of furan rings is 1. The Morgan fingerprint density at radius 2 is 0.983 bits per heavy atom. The molecule has 0 spiro atoms. The largest absolute Gasteiger partial charge is 0.454 e. The highest BCUT2D eigenvalue weighted by Crippen LogP contribution is 2.46. The van der Waals surface area contributed by atoms with Crippen LogP contribution in [0.2, 0.25) is 0 Å². The minimum absolute atomic E-state index is 0.860. The molecular formula is C56H35NOS. The van der Waals surface area contributed by atoms with Gasteiger partial charge in [-0.2, -0.15) is 0 Å². The van der Waals surface area contributed by atoms with Gasteiger partial charge in [0.1, 0.15) is 5.58 Å². The van der Waals surface area contributed by atoms with Crippen molar-refractivity contribution in [2.24, 2.45) is 0 Å². The molecule has 0 atom stereocenters. The zero-order valence-electron chi connectivity index (χ0n) is 32.0. The molecule has 0 bridgehead atoms. The number of nitrogens with zero attached hydrogens (tertiary/aromatic N) is 1. The van der Waals surface area contributed by atoms with Gasteiger partial charge in [0, 0.05) is 42.3 Å². The van der Waals surface area contributed by atoms with E-state index in [0.717, 1.165) is 39.0 Å². The van der Waals surface area contributed by atoms with Crippen LogP contribution in [-0.2, 0) is 0 Å². The SMILES string of the molecule is c1ccc(-c2ccc(N(c3ccc(-c4cc5ccccc5c5ccccc45)cc3)c3cccc4c3oc3ccccc34)cc2-c2ccc3c(c2)sc2ccccc23)cc1. The van der Waals surface area contributed by atoms with Crippen LogP contribution in [0.15, 0.2) is 217 Å². The highest BCUT2D eigenvalue weighted by molar-refractivity contribution is 7.25. The average Bonchev–Trinajstić information content (AvgIpc) is 3.88. The molecule has 2 nitrogen and oxygen atoms in total. The summed E-state index contributed by atoms with van der Waals surface area (Å²) in [4.78, 5) is 2.36. The number of rotatable bonds is 6. The number of hydrogen-bond donors (Lipinski definition) is 0. The quantitative estimate of drug-likeness (QED) is 0.157. The van der Waals surface area contributed by atoms with Gasteiger partial charge in [-0.3, -0.25) is 0 Å². The Bertz CT molecular complexity index is 3560. The Labute approximate surface area is 345 Å². The fourth-order valence-corrected chi connectivity index (χ4v) is 10.2. The Morgan fingerprint density at radius 3 is 1.85 bits per heavy atom. The maximum Gasteiger partial charge on any atom is 0.159 e. The number of benzene rings is 10. The van der Waals surface area contributed by atoms with Crippen LogP contribution in [-0.4, -0.2) is 0 Å². The summed E-state index contributed by atoms with van der Waals surface area (Å²) in [5.74, 6) is 0. The van der Waals surface area contributed by atoms with E-state index in [4.69, 9.17) is 4.42 Å². The van der Waals surface area contributed by atoms with Crippen molar-refractivity contribution in [2.45, 2.75) is 0 Å². The van der Waals surface area contributed by atoms with Crippen molar-refractivity contribution in [1.82, 2.24) is 0 Å². The molecule has 0 aliphatic carbocycles. The molecule has 0 saturated heterocycles. The molecule has 0 fully saturated rings. The zero-order chi connectivity index (χ0) is 38.9. The predicted molar refractivity (Wildman–Crippen MR) is 253 cm³/mol. The molecule has 0 saturated carbocycles. The lowest BCUT2D eigenvalue weighted by Gasteiger charge is -2.27. The molecule has 12 aromatic rings. The number of hydrogen-bond acceptors (Lipinski definition) is 3. The second kappa shape index (κ2) is 13.6. The minimum atomic E-state index is 0.860. The maximum atomic E-state index is 6.73. The highest BCUT2D eigenvalue weighted by Gasteiger charge is 2.22. The summed E-state index contributed by atoms with van der Waals surface area (Å²) < 4.78 is 9.33. The number of thiophene rings is 1.